The first kappa shape index (κ1) is 8.55. The molecule has 1 heterocycles. The zero-order valence-electron chi connectivity index (χ0n) is 7.48. The monoisotopic (exact) mass is 192 g/mol. The number of fused-ring (bicyclic) bond motifs is 1. The van der Waals surface area contributed by atoms with Crippen molar-refractivity contribution in [3.8, 4) is 0 Å². The Labute approximate surface area is 79.6 Å². The second-order valence-corrected chi connectivity index (χ2v) is 2.64. The van der Waals surface area contributed by atoms with Gasteiger partial charge >= 0.3 is 6.09 Å². The number of methoxy groups -OCH3 is 1. The van der Waals surface area contributed by atoms with Gasteiger partial charge in [0, 0.05) is 0 Å². The molecule has 0 aliphatic heterocycles. The third-order valence-electron chi connectivity index (χ3n) is 1.78. The van der Waals surface area contributed by atoms with Gasteiger partial charge < -0.3 is 9.26 Å². The van der Waals surface area contributed by atoms with Crippen LogP contribution in [0, 0.1) is 0 Å². The highest BCUT2D eigenvalue weighted by atomic mass is 16.5. The van der Waals surface area contributed by atoms with E-state index in [1.165, 1.54) is 7.11 Å². The smallest absolute Gasteiger partial charge is 0.412 e. The van der Waals surface area contributed by atoms with Gasteiger partial charge in [0.25, 0.3) is 0 Å². The minimum atomic E-state index is -0.566. The number of benzene rings is 1. The largest absolute Gasteiger partial charge is 0.453 e. The second kappa shape index (κ2) is 3.37. The van der Waals surface area contributed by atoms with E-state index >= 15 is 0 Å². The van der Waals surface area contributed by atoms with Crippen LogP contribution in [-0.4, -0.2) is 18.4 Å². The maximum Gasteiger partial charge on any atom is 0.412 e. The van der Waals surface area contributed by atoms with Gasteiger partial charge in [-0.05, 0) is 12.1 Å². The SMILES string of the molecule is COC(=O)Nc1noc2ccccc12. The minimum absolute atomic E-state index is 0.368. The molecular weight excluding hydrogens is 184 g/mol. The zero-order chi connectivity index (χ0) is 9.97. The van der Waals surface area contributed by atoms with Crippen molar-refractivity contribution in [1.29, 1.82) is 0 Å². The molecule has 0 fully saturated rings. The number of anilines is 1. The molecule has 14 heavy (non-hydrogen) atoms. The fourth-order valence-electron chi connectivity index (χ4n) is 1.12. The van der Waals surface area contributed by atoms with E-state index in [-0.39, 0.29) is 0 Å². The van der Waals surface area contributed by atoms with E-state index in [1.807, 2.05) is 12.1 Å². The standard InChI is InChI=1S/C9H8N2O3/c1-13-9(12)10-8-6-4-2-3-5-7(6)14-11-8/h2-5H,1H3,(H,10,11,12). The van der Waals surface area contributed by atoms with E-state index in [0.717, 1.165) is 5.39 Å². The van der Waals surface area contributed by atoms with Crippen molar-refractivity contribution < 1.29 is 14.1 Å². The number of rotatable bonds is 1. The zero-order valence-corrected chi connectivity index (χ0v) is 7.48. The van der Waals surface area contributed by atoms with Crippen molar-refractivity contribution in [2.45, 2.75) is 0 Å². The Kier molecular flexibility index (Phi) is 2.06. The maximum absolute atomic E-state index is 10.9. The normalized spacial score (nSPS) is 10.1. The molecule has 0 bridgehead atoms. The quantitative estimate of drug-likeness (QED) is 0.750. The van der Waals surface area contributed by atoms with Crippen LogP contribution in [0.25, 0.3) is 11.0 Å². The first-order valence-electron chi connectivity index (χ1n) is 4.00. The molecule has 5 nitrogen and oxygen atoms in total. The summed E-state index contributed by atoms with van der Waals surface area (Å²) in [6.45, 7) is 0. The number of aromatic nitrogens is 1. The van der Waals surface area contributed by atoms with E-state index in [9.17, 15) is 4.79 Å². The summed E-state index contributed by atoms with van der Waals surface area (Å²) in [4.78, 5) is 10.9. The van der Waals surface area contributed by atoms with Crippen molar-refractivity contribution in [3.05, 3.63) is 24.3 Å². The molecule has 1 aromatic carbocycles. The lowest BCUT2D eigenvalue weighted by atomic mass is 10.2. The Balaban J connectivity index is 2.38. The minimum Gasteiger partial charge on any atom is -0.453 e. The number of amides is 1. The summed E-state index contributed by atoms with van der Waals surface area (Å²) in [7, 11) is 1.29. The molecule has 0 unspecified atom stereocenters. The maximum atomic E-state index is 10.9. The molecule has 1 amide bonds. The van der Waals surface area contributed by atoms with E-state index in [1.54, 1.807) is 12.1 Å². The number of carbonyl (C=O) groups excluding carboxylic acids is 1. The number of para-hydroxylation sites is 1. The average molecular weight is 192 g/mol. The molecule has 1 N–H and O–H groups in total. The highest BCUT2D eigenvalue weighted by Gasteiger charge is 2.09. The molecular formula is C9H8N2O3. The van der Waals surface area contributed by atoms with Crippen LogP contribution >= 0.6 is 0 Å². The van der Waals surface area contributed by atoms with Gasteiger partial charge in [0.15, 0.2) is 11.4 Å². The number of nitrogens with one attached hydrogen (secondary N) is 1. The molecule has 0 radical (unpaired) electrons. The van der Waals surface area contributed by atoms with Gasteiger partial charge in [0.05, 0.1) is 12.5 Å². The lowest BCUT2D eigenvalue weighted by Crippen LogP contribution is -2.11. The number of nitrogens with zero attached hydrogens (tertiary/aromatic N) is 1. The molecule has 0 atom stereocenters. The average Bonchev–Trinajstić information content (AvgIpc) is 2.62. The van der Waals surface area contributed by atoms with E-state index in [4.69, 9.17) is 4.52 Å². The lowest BCUT2D eigenvalue weighted by Gasteiger charge is -1.97. The Hall–Kier alpha value is -2.04. The van der Waals surface area contributed by atoms with Crippen molar-refractivity contribution in [2.75, 3.05) is 12.4 Å². The molecule has 2 aromatic rings. The Morgan fingerprint density at radius 2 is 2.29 bits per heavy atom. The fraction of sp³-hybridized carbons (Fsp3) is 0.111. The summed E-state index contributed by atoms with van der Waals surface area (Å²) in [6, 6.07) is 7.24. The van der Waals surface area contributed by atoms with Crippen LogP contribution in [0.2, 0.25) is 0 Å². The molecule has 1 aromatic heterocycles. The molecule has 0 saturated heterocycles. The van der Waals surface area contributed by atoms with Gasteiger partial charge in [0.1, 0.15) is 0 Å². The first-order chi connectivity index (χ1) is 6.81. The van der Waals surface area contributed by atoms with E-state index in [2.05, 4.69) is 15.2 Å². The molecule has 0 spiro atoms. The summed E-state index contributed by atoms with van der Waals surface area (Å²) in [6.07, 6.45) is -0.566. The molecule has 72 valence electrons. The topological polar surface area (TPSA) is 64.4 Å². The Morgan fingerprint density at radius 3 is 3.07 bits per heavy atom. The lowest BCUT2D eigenvalue weighted by molar-refractivity contribution is 0.186. The van der Waals surface area contributed by atoms with Gasteiger partial charge in [-0.2, -0.15) is 0 Å². The van der Waals surface area contributed by atoms with Crippen molar-refractivity contribution in [2.24, 2.45) is 0 Å². The van der Waals surface area contributed by atoms with Gasteiger partial charge in [-0.15, -0.1) is 0 Å². The van der Waals surface area contributed by atoms with Gasteiger partial charge in [0.2, 0.25) is 0 Å². The van der Waals surface area contributed by atoms with E-state index < -0.39 is 6.09 Å². The van der Waals surface area contributed by atoms with Crippen molar-refractivity contribution in [3.63, 3.8) is 0 Å². The Morgan fingerprint density at radius 1 is 1.50 bits per heavy atom. The molecule has 0 aliphatic carbocycles. The molecule has 0 aliphatic rings. The summed E-state index contributed by atoms with van der Waals surface area (Å²) in [5, 5.41) is 6.89. The fourth-order valence-corrected chi connectivity index (χ4v) is 1.12. The third kappa shape index (κ3) is 1.39. The number of hydrogen-bond acceptors (Lipinski definition) is 4. The predicted molar refractivity (Wildman–Crippen MR) is 50.0 cm³/mol. The van der Waals surface area contributed by atoms with Crippen LogP contribution in [0.5, 0.6) is 0 Å². The van der Waals surface area contributed by atoms with E-state index in [0.29, 0.717) is 11.4 Å². The van der Waals surface area contributed by atoms with Crippen LogP contribution < -0.4 is 5.32 Å². The third-order valence-corrected chi connectivity index (χ3v) is 1.78. The first-order valence-corrected chi connectivity index (χ1v) is 4.00. The van der Waals surface area contributed by atoms with Crippen LogP contribution in [0.4, 0.5) is 10.6 Å². The molecule has 5 heteroatoms. The highest BCUT2D eigenvalue weighted by molar-refractivity contribution is 5.95. The summed E-state index contributed by atoms with van der Waals surface area (Å²) < 4.78 is 9.41. The predicted octanol–water partition coefficient (Wildman–Crippen LogP) is 2.01. The van der Waals surface area contributed by atoms with Crippen LogP contribution in [0.1, 0.15) is 0 Å². The van der Waals surface area contributed by atoms with Crippen molar-refractivity contribution in [1.82, 2.24) is 5.16 Å². The Bertz CT molecular complexity index is 464. The number of hydrogen-bond donors (Lipinski definition) is 1. The molecule has 2 rings (SSSR count). The van der Waals surface area contributed by atoms with Gasteiger partial charge in [-0.3, -0.25) is 5.32 Å². The van der Waals surface area contributed by atoms with Crippen LogP contribution in [0.15, 0.2) is 28.8 Å². The van der Waals surface area contributed by atoms with Gasteiger partial charge in [-0.1, -0.05) is 17.3 Å². The summed E-state index contributed by atoms with van der Waals surface area (Å²) >= 11 is 0. The highest BCUT2D eigenvalue weighted by Crippen LogP contribution is 2.21. The van der Waals surface area contributed by atoms with Crippen LogP contribution in [0.3, 0.4) is 0 Å². The second-order valence-electron chi connectivity index (χ2n) is 2.64. The molecule has 0 saturated carbocycles. The number of ether oxygens (including phenoxy) is 1. The van der Waals surface area contributed by atoms with Crippen molar-refractivity contribution >= 4 is 22.9 Å². The summed E-state index contributed by atoms with van der Waals surface area (Å²) in [5.41, 5.74) is 0.624. The summed E-state index contributed by atoms with van der Waals surface area (Å²) in [5.74, 6) is 0.368. The van der Waals surface area contributed by atoms with Crippen LogP contribution in [-0.2, 0) is 4.74 Å². The van der Waals surface area contributed by atoms with Gasteiger partial charge in [-0.25, -0.2) is 4.79 Å². The number of carbonyl (C=O) groups is 1.